The molecule has 1 rings (SSSR count). The first-order chi connectivity index (χ1) is 7.60. The van der Waals surface area contributed by atoms with Crippen LogP contribution in [0.4, 0.5) is 0 Å². The highest BCUT2D eigenvalue weighted by Gasteiger charge is 2.40. The van der Waals surface area contributed by atoms with E-state index in [0.29, 0.717) is 31.8 Å². The lowest BCUT2D eigenvalue weighted by atomic mass is 9.93. The predicted molar refractivity (Wildman–Crippen MR) is 60.3 cm³/mol. The molecule has 0 heterocycles. The predicted octanol–water partition coefficient (Wildman–Crippen LogP) is 1.81. The summed E-state index contributed by atoms with van der Waals surface area (Å²) in [5.74, 6) is -0.262. The van der Waals surface area contributed by atoms with Crippen molar-refractivity contribution in [3.8, 4) is 0 Å². The standard InChI is InChI=1S/C12H22O4/c1-10-4-2-6-12(7-5-10,11(14)15)16-9-3-8-13/h10,13H,2-9H2,1H3,(H,14,15). The summed E-state index contributed by atoms with van der Waals surface area (Å²) in [5, 5.41) is 18.0. The zero-order valence-electron chi connectivity index (χ0n) is 9.95. The first-order valence-corrected chi connectivity index (χ1v) is 6.09. The van der Waals surface area contributed by atoms with E-state index in [1.165, 1.54) is 0 Å². The molecule has 1 fully saturated rings. The SMILES string of the molecule is CC1CCCC(OCCCO)(C(=O)O)CC1. The van der Waals surface area contributed by atoms with E-state index in [0.717, 1.165) is 19.3 Å². The summed E-state index contributed by atoms with van der Waals surface area (Å²) in [7, 11) is 0. The zero-order valence-corrected chi connectivity index (χ0v) is 9.95. The van der Waals surface area contributed by atoms with Gasteiger partial charge in [0.2, 0.25) is 0 Å². The van der Waals surface area contributed by atoms with E-state index < -0.39 is 11.6 Å². The summed E-state index contributed by atoms with van der Waals surface area (Å²) in [6.45, 7) is 2.54. The summed E-state index contributed by atoms with van der Waals surface area (Å²) >= 11 is 0. The van der Waals surface area contributed by atoms with Crippen molar-refractivity contribution in [1.29, 1.82) is 0 Å². The van der Waals surface area contributed by atoms with Crippen LogP contribution in [0.1, 0.15) is 45.4 Å². The number of ether oxygens (including phenoxy) is 1. The number of hydrogen-bond acceptors (Lipinski definition) is 3. The van der Waals surface area contributed by atoms with Crippen LogP contribution in [-0.2, 0) is 9.53 Å². The number of carboxylic acids is 1. The molecule has 0 saturated heterocycles. The maximum absolute atomic E-state index is 11.3. The van der Waals surface area contributed by atoms with Gasteiger partial charge in [0.25, 0.3) is 0 Å². The van der Waals surface area contributed by atoms with Crippen molar-refractivity contribution >= 4 is 5.97 Å². The van der Waals surface area contributed by atoms with Gasteiger partial charge in [0, 0.05) is 6.61 Å². The van der Waals surface area contributed by atoms with Crippen molar-refractivity contribution in [3.63, 3.8) is 0 Å². The molecule has 0 aromatic heterocycles. The van der Waals surface area contributed by atoms with Gasteiger partial charge in [0.05, 0.1) is 6.61 Å². The molecule has 0 aliphatic heterocycles. The van der Waals surface area contributed by atoms with E-state index in [9.17, 15) is 9.90 Å². The third-order valence-electron chi connectivity index (χ3n) is 3.39. The van der Waals surface area contributed by atoms with Gasteiger partial charge in [0.1, 0.15) is 0 Å². The molecular formula is C12H22O4. The van der Waals surface area contributed by atoms with Gasteiger partial charge in [-0.1, -0.05) is 13.3 Å². The first kappa shape index (κ1) is 13.5. The van der Waals surface area contributed by atoms with Crippen LogP contribution in [0.25, 0.3) is 0 Å². The minimum atomic E-state index is -1.00. The van der Waals surface area contributed by atoms with Gasteiger partial charge in [0.15, 0.2) is 5.60 Å². The normalized spacial score (nSPS) is 31.0. The Bertz CT molecular complexity index is 229. The van der Waals surface area contributed by atoms with Crippen LogP contribution < -0.4 is 0 Å². The smallest absolute Gasteiger partial charge is 0.335 e. The molecule has 2 N–H and O–H groups in total. The molecule has 2 atom stereocenters. The second-order valence-electron chi connectivity index (χ2n) is 4.76. The Hall–Kier alpha value is -0.610. The van der Waals surface area contributed by atoms with Crippen molar-refractivity contribution in [2.75, 3.05) is 13.2 Å². The van der Waals surface area contributed by atoms with E-state index in [-0.39, 0.29) is 6.61 Å². The van der Waals surface area contributed by atoms with Gasteiger partial charge in [-0.2, -0.15) is 0 Å². The molecule has 16 heavy (non-hydrogen) atoms. The monoisotopic (exact) mass is 230 g/mol. The Morgan fingerprint density at radius 3 is 2.81 bits per heavy atom. The minimum Gasteiger partial charge on any atom is -0.479 e. The molecule has 94 valence electrons. The van der Waals surface area contributed by atoms with Crippen LogP contribution in [-0.4, -0.2) is 35.0 Å². The number of rotatable bonds is 5. The summed E-state index contributed by atoms with van der Waals surface area (Å²) in [4.78, 5) is 11.3. The van der Waals surface area contributed by atoms with Crippen molar-refractivity contribution in [1.82, 2.24) is 0 Å². The molecule has 4 nitrogen and oxygen atoms in total. The number of aliphatic hydroxyl groups is 1. The lowest BCUT2D eigenvalue weighted by Gasteiger charge is -2.28. The molecule has 0 aromatic rings. The minimum absolute atomic E-state index is 0.0477. The van der Waals surface area contributed by atoms with Crippen LogP contribution in [0.3, 0.4) is 0 Å². The molecule has 0 bridgehead atoms. The van der Waals surface area contributed by atoms with E-state index in [1.54, 1.807) is 0 Å². The summed E-state index contributed by atoms with van der Waals surface area (Å²) in [6, 6.07) is 0. The fourth-order valence-corrected chi connectivity index (χ4v) is 2.24. The second kappa shape index (κ2) is 6.21. The van der Waals surface area contributed by atoms with E-state index >= 15 is 0 Å². The van der Waals surface area contributed by atoms with Gasteiger partial charge >= 0.3 is 5.97 Å². The summed E-state index contributed by atoms with van der Waals surface area (Å²) in [5.41, 5.74) is -1.00. The quantitative estimate of drug-likeness (QED) is 0.558. The molecule has 0 spiro atoms. The molecule has 1 aliphatic carbocycles. The van der Waals surface area contributed by atoms with Gasteiger partial charge in [-0.15, -0.1) is 0 Å². The zero-order chi connectivity index (χ0) is 12.0. The summed E-state index contributed by atoms with van der Waals surface area (Å²) < 4.78 is 5.54. The Balaban J connectivity index is 2.60. The van der Waals surface area contributed by atoms with Crippen LogP contribution in [0.2, 0.25) is 0 Å². The largest absolute Gasteiger partial charge is 0.479 e. The van der Waals surface area contributed by atoms with Crippen molar-refractivity contribution in [2.45, 2.75) is 51.0 Å². The van der Waals surface area contributed by atoms with Crippen molar-refractivity contribution in [3.05, 3.63) is 0 Å². The van der Waals surface area contributed by atoms with E-state index in [2.05, 4.69) is 6.92 Å². The topological polar surface area (TPSA) is 66.8 Å². The average molecular weight is 230 g/mol. The van der Waals surface area contributed by atoms with E-state index in [1.807, 2.05) is 0 Å². The fourth-order valence-electron chi connectivity index (χ4n) is 2.24. The molecule has 1 saturated carbocycles. The van der Waals surface area contributed by atoms with Crippen LogP contribution in [0.15, 0.2) is 0 Å². The van der Waals surface area contributed by atoms with Gasteiger partial charge in [-0.3, -0.25) is 0 Å². The Labute approximate surface area is 96.6 Å². The maximum atomic E-state index is 11.3. The molecule has 2 unspecified atom stereocenters. The highest BCUT2D eigenvalue weighted by atomic mass is 16.5. The van der Waals surface area contributed by atoms with Crippen molar-refractivity contribution in [2.24, 2.45) is 5.92 Å². The third-order valence-corrected chi connectivity index (χ3v) is 3.39. The molecule has 4 heteroatoms. The fraction of sp³-hybridized carbons (Fsp3) is 0.917. The number of hydrogen-bond donors (Lipinski definition) is 2. The molecule has 1 aliphatic rings. The average Bonchev–Trinajstić information content (AvgIpc) is 2.42. The highest BCUT2D eigenvalue weighted by Crippen LogP contribution is 2.33. The molecule has 0 radical (unpaired) electrons. The van der Waals surface area contributed by atoms with Gasteiger partial charge < -0.3 is 14.9 Å². The molecule has 0 amide bonds. The second-order valence-corrected chi connectivity index (χ2v) is 4.76. The number of aliphatic hydroxyl groups excluding tert-OH is 1. The maximum Gasteiger partial charge on any atom is 0.335 e. The number of aliphatic carboxylic acids is 1. The van der Waals surface area contributed by atoms with E-state index in [4.69, 9.17) is 9.84 Å². The van der Waals surface area contributed by atoms with Gasteiger partial charge in [-0.05, 0) is 38.0 Å². The Kier molecular flexibility index (Phi) is 5.22. The van der Waals surface area contributed by atoms with Gasteiger partial charge in [-0.25, -0.2) is 4.79 Å². The Morgan fingerprint density at radius 2 is 2.19 bits per heavy atom. The lowest BCUT2D eigenvalue weighted by molar-refractivity contribution is -0.168. The van der Waals surface area contributed by atoms with Crippen molar-refractivity contribution < 1.29 is 19.7 Å². The highest BCUT2D eigenvalue weighted by molar-refractivity contribution is 5.77. The molecule has 0 aromatic carbocycles. The van der Waals surface area contributed by atoms with Crippen LogP contribution in [0, 0.1) is 5.92 Å². The summed E-state index contributed by atoms with van der Waals surface area (Å²) in [6.07, 6.45) is 4.59. The number of carbonyl (C=O) groups is 1. The third kappa shape index (κ3) is 3.46. The Morgan fingerprint density at radius 1 is 1.44 bits per heavy atom. The molecular weight excluding hydrogens is 208 g/mol. The lowest BCUT2D eigenvalue weighted by Crippen LogP contribution is -2.41. The number of carboxylic acid groups (broad SMARTS) is 1. The van der Waals surface area contributed by atoms with Crippen LogP contribution in [0.5, 0.6) is 0 Å². The van der Waals surface area contributed by atoms with Crippen LogP contribution >= 0.6 is 0 Å². The first-order valence-electron chi connectivity index (χ1n) is 6.09.